The highest BCUT2D eigenvalue weighted by Gasteiger charge is 2.35. The van der Waals surface area contributed by atoms with Crippen LogP contribution in [0.25, 0.3) is 0 Å². The summed E-state index contributed by atoms with van der Waals surface area (Å²) in [7, 11) is -1.12. The molecule has 0 unspecified atom stereocenters. The van der Waals surface area contributed by atoms with E-state index in [-0.39, 0.29) is 11.1 Å². The molecule has 1 rings (SSSR count). The Labute approximate surface area is 288 Å². The fourth-order valence-electron chi connectivity index (χ4n) is 6.03. The summed E-state index contributed by atoms with van der Waals surface area (Å²) in [5.74, 6) is -2.67. The van der Waals surface area contributed by atoms with Crippen molar-refractivity contribution in [3.8, 4) is 0 Å². The van der Waals surface area contributed by atoms with E-state index in [1.807, 2.05) is 0 Å². The Morgan fingerprint density at radius 3 is 0.652 bits per heavy atom. The van der Waals surface area contributed by atoms with E-state index in [9.17, 15) is 19.8 Å². The van der Waals surface area contributed by atoms with Crippen molar-refractivity contribution in [1.29, 1.82) is 0 Å². The lowest BCUT2D eigenvalue weighted by Crippen LogP contribution is -2.24. The van der Waals surface area contributed by atoms with Crippen LogP contribution in [0.3, 0.4) is 0 Å². The second kappa shape index (κ2) is 31.3. The van der Waals surface area contributed by atoms with Gasteiger partial charge in [0.25, 0.3) is 0 Å². The maximum atomic E-state index is 10.2. The SMILES string of the molecule is CCCC[P+](CCCC)(CCCC)CCCC.CCCC[P+](CCCC)(CCCC)CCCC.O=C([O-])c1ccc(C(=O)[O-])cc1. The number of unbranched alkanes of at least 4 members (excludes halogenated alkanes) is 8. The zero-order valence-corrected chi connectivity index (χ0v) is 33.6. The molecule has 0 atom stereocenters. The van der Waals surface area contributed by atoms with E-state index in [4.69, 9.17) is 0 Å². The van der Waals surface area contributed by atoms with E-state index in [1.165, 1.54) is 103 Å². The minimum atomic E-state index is -1.33. The summed E-state index contributed by atoms with van der Waals surface area (Å²) < 4.78 is 0. The molecule has 1 aromatic rings. The predicted molar refractivity (Wildman–Crippen MR) is 207 cm³/mol. The summed E-state index contributed by atoms with van der Waals surface area (Å²) >= 11 is 0. The number of carboxylic acid groups (broad SMARTS) is 2. The van der Waals surface area contributed by atoms with Crippen molar-refractivity contribution in [2.45, 2.75) is 158 Å². The molecule has 0 radical (unpaired) electrons. The summed E-state index contributed by atoms with van der Waals surface area (Å²) in [6, 6.07) is 4.61. The van der Waals surface area contributed by atoms with Crippen molar-refractivity contribution >= 4 is 26.5 Å². The number of hydrogen-bond acceptors (Lipinski definition) is 4. The van der Waals surface area contributed by atoms with Gasteiger partial charge in [-0.25, -0.2) is 0 Å². The molecule has 0 saturated heterocycles. The minimum Gasteiger partial charge on any atom is -0.545 e. The van der Waals surface area contributed by atoms with E-state index < -0.39 is 26.5 Å². The molecule has 0 fully saturated rings. The highest BCUT2D eigenvalue weighted by molar-refractivity contribution is 7.76. The molecule has 0 N–H and O–H groups in total. The summed E-state index contributed by atoms with van der Waals surface area (Å²) in [5.41, 5.74) is -0.111. The third-order valence-electron chi connectivity index (χ3n) is 9.24. The molecule has 0 saturated carbocycles. The van der Waals surface area contributed by atoms with Gasteiger partial charge >= 0.3 is 0 Å². The quantitative estimate of drug-likeness (QED) is 0.0911. The molecule has 6 heteroatoms. The number of carboxylic acids is 2. The highest BCUT2D eigenvalue weighted by Crippen LogP contribution is 2.62. The van der Waals surface area contributed by atoms with E-state index >= 15 is 0 Å². The second-order valence-electron chi connectivity index (χ2n) is 13.5. The van der Waals surface area contributed by atoms with Gasteiger partial charge in [0, 0.05) is 14.5 Å². The minimum absolute atomic E-state index is 0.0556. The third-order valence-corrected chi connectivity index (χ3v) is 19.4. The maximum Gasteiger partial charge on any atom is 0.0715 e. The van der Waals surface area contributed by atoms with Gasteiger partial charge in [0.2, 0.25) is 0 Å². The Morgan fingerprint density at radius 2 is 0.543 bits per heavy atom. The average Bonchev–Trinajstić information content (AvgIpc) is 3.07. The van der Waals surface area contributed by atoms with Crippen molar-refractivity contribution in [3.63, 3.8) is 0 Å². The second-order valence-corrected chi connectivity index (χ2v) is 22.4. The zero-order chi connectivity index (χ0) is 35.1. The van der Waals surface area contributed by atoms with Crippen LogP contribution in [0, 0.1) is 0 Å². The molecule has 1 aromatic carbocycles. The van der Waals surface area contributed by atoms with Gasteiger partial charge < -0.3 is 19.8 Å². The lowest BCUT2D eigenvalue weighted by molar-refractivity contribution is -0.256. The molecule has 0 aliphatic heterocycles. The van der Waals surface area contributed by atoms with Gasteiger partial charge in [-0.3, -0.25) is 0 Å². The van der Waals surface area contributed by atoms with E-state index in [0.717, 1.165) is 24.3 Å². The molecule has 0 aromatic heterocycles. The van der Waals surface area contributed by atoms with Crippen molar-refractivity contribution in [2.75, 3.05) is 49.3 Å². The molecular weight excluding hydrogens is 606 g/mol. The van der Waals surface area contributed by atoms with Crippen LogP contribution in [0.15, 0.2) is 24.3 Å². The first kappa shape index (κ1) is 47.1. The van der Waals surface area contributed by atoms with Crippen molar-refractivity contribution in [1.82, 2.24) is 0 Å². The van der Waals surface area contributed by atoms with Crippen molar-refractivity contribution in [3.05, 3.63) is 35.4 Å². The zero-order valence-electron chi connectivity index (χ0n) is 31.8. The number of benzene rings is 1. The summed E-state index contributed by atoms with van der Waals surface area (Å²) in [6.07, 6.45) is 35.9. The molecule has 0 spiro atoms. The standard InChI is InChI=1S/2C16H36P.C8H6O4/c2*1-5-9-13-17(14-10-6-2,15-11-7-3)16-12-8-4;9-7(10)5-1-2-6(4-3-5)8(11)12/h2*5-16H2,1-4H3;1-4H,(H,9,10)(H,11,12)/q2*+1;/p-2. The van der Waals surface area contributed by atoms with Crippen LogP contribution in [0.4, 0.5) is 0 Å². The first-order chi connectivity index (χ1) is 22.1. The van der Waals surface area contributed by atoms with E-state index in [2.05, 4.69) is 55.4 Å². The van der Waals surface area contributed by atoms with Gasteiger partial charge in [-0.2, -0.15) is 0 Å². The Hall–Kier alpha value is -0.980. The molecule has 46 heavy (non-hydrogen) atoms. The first-order valence-electron chi connectivity index (χ1n) is 19.3. The normalized spacial score (nSPS) is 11.3. The Morgan fingerprint density at radius 1 is 0.391 bits per heavy atom. The van der Waals surface area contributed by atoms with Crippen LogP contribution in [-0.4, -0.2) is 61.2 Å². The van der Waals surface area contributed by atoms with Crippen molar-refractivity contribution < 1.29 is 19.8 Å². The van der Waals surface area contributed by atoms with Gasteiger partial charge in [0.15, 0.2) is 0 Å². The van der Waals surface area contributed by atoms with Crippen molar-refractivity contribution in [2.24, 2.45) is 0 Å². The molecule has 0 heterocycles. The Kier molecular flexibility index (Phi) is 32.1. The molecule has 4 nitrogen and oxygen atoms in total. The molecule has 270 valence electrons. The third kappa shape index (κ3) is 23.4. The molecule has 0 amide bonds. The molecule has 0 aliphatic carbocycles. The first-order valence-corrected chi connectivity index (χ1v) is 24.4. The molecule has 0 bridgehead atoms. The lowest BCUT2D eigenvalue weighted by Gasteiger charge is -2.28. The number of carbonyl (C=O) groups is 2. The Balaban J connectivity index is 0. The largest absolute Gasteiger partial charge is 0.545 e. The fraction of sp³-hybridized carbons (Fsp3) is 0.800. The number of hydrogen-bond donors (Lipinski definition) is 0. The molecule has 0 aliphatic rings. The van der Waals surface area contributed by atoms with E-state index in [0.29, 0.717) is 0 Å². The molecular formula is C40H76O4P2. The topological polar surface area (TPSA) is 80.3 Å². The van der Waals surface area contributed by atoms with E-state index in [1.54, 1.807) is 49.3 Å². The summed E-state index contributed by atoms with van der Waals surface area (Å²) in [5, 5.41) is 20.4. The van der Waals surface area contributed by atoms with Crippen LogP contribution in [0.5, 0.6) is 0 Å². The highest BCUT2D eigenvalue weighted by atomic mass is 31.2. The van der Waals surface area contributed by atoms with Gasteiger partial charge in [-0.1, -0.05) is 131 Å². The van der Waals surface area contributed by atoms with Gasteiger partial charge in [-0.05, 0) is 62.5 Å². The number of carbonyl (C=O) groups excluding carboxylic acids is 2. The van der Waals surface area contributed by atoms with Gasteiger partial charge in [0.05, 0.1) is 61.2 Å². The monoisotopic (exact) mass is 683 g/mol. The van der Waals surface area contributed by atoms with Crippen LogP contribution in [-0.2, 0) is 0 Å². The lowest BCUT2D eigenvalue weighted by atomic mass is 10.1. The van der Waals surface area contributed by atoms with Gasteiger partial charge in [0.1, 0.15) is 0 Å². The van der Waals surface area contributed by atoms with Gasteiger partial charge in [-0.15, -0.1) is 0 Å². The predicted octanol–water partition coefficient (Wildman–Crippen LogP) is 10.8. The number of rotatable bonds is 26. The fourth-order valence-corrected chi connectivity index (χ4v) is 16.6. The van der Waals surface area contributed by atoms with Crippen LogP contribution in [0.1, 0.15) is 179 Å². The smallest absolute Gasteiger partial charge is 0.0715 e. The maximum absolute atomic E-state index is 10.2. The van der Waals surface area contributed by atoms with Crippen LogP contribution < -0.4 is 10.2 Å². The Bertz CT molecular complexity index is 696. The summed E-state index contributed by atoms with van der Waals surface area (Å²) in [4.78, 5) is 20.4. The van der Waals surface area contributed by atoms with Crippen LogP contribution in [0.2, 0.25) is 0 Å². The number of aromatic carboxylic acids is 2. The summed E-state index contributed by atoms with van der Waals surface area (Å²) in [6.45, 7) is 18.8. The average molecular weight is 683 g/mol. The van der Waals surface area contributed by atoms with Crippen LogP contribution >= 0.6 is 14.5 Å².